The van der Waals surface area contributed by atoms with E-state index in [4.69, 9.17) is 4.74 Å². The predicted molar refractivity (Wildman–Crippen MR) is 121 cm³/mol. The van der Waals surface area contributed by atoms with Crippen molar-refractivity contribution in [3.05, 3.63) is 78.4 Å². The molecule has 0 aliphatic carbocycles. The van der Waals surface area contributed by atoms with Gasteiger partial charge in [-0.25, -0.2) is 14.6 Å². The number of hydrogen-bond acceptors (Lipinski definition) is 8. The number of halogens is 3. The summed E-state index contributed by atoms with van der Waals surface area (Å²) in [6.45, 7) is 0. The molecule has 2 aromatic heterocycles. The Bertz CT molecular complexity index is 1280. The first kappa shape index (κ1) is 24.0. The van der Waals surface area contributed by atoms with Crippen molar-refractivity contribution in [2.24, 2.45) is 0 Å². The number of hydrogen-bond donors (Lipinski definition) is 1. The number of benzene rings is 2. The number of anilines is 1. The zero-order valence-corrected chi connectivity index (χ0v) is 18.9. The van der Waals surface area contributed by atoms with Crippen LogP contribution in [0, 0.1) is 0 Å². The summed E-state index contributed by atoms with van der Waals surface area (Å²) < 4.78 is 47.7. The SMILES string of the molecule is COc1ccc(-n2nnc(C(=O)Nc3ccc(OC(F)(F)F)cc3)c2CSc2ncccn2)cc1. The number of amides is 1. The number of methoxy groups -OCH3 is 1. The van der Waals surface area contributed by atoms with Crippen LogP contribution in [0.15, 0.2) is 72.1 Å². The number of carbonyl (C=O) groups excluding carboxylic acids is 1. The van der Waals surface area contributed by atoms with Gasteiger partial charge in [-0.05, 0) is 54.6 Å². The molecule has 0 unspecified atom stereocenters. The molecule has 0 aliphatic heterocycles. The number of alkyl halides is 3. The van der Waals surface area contributed by atoms with Crippen molar-refractivity contribution in [1.29, 1.82) is 0 Å². The molecule has 1 N–H and O–H groups in total. The molecular weight excluding hydrogens is 485 g/mol. The van der Waals surface area contributed by atoms with E-state index in [9.17, 15) is 18.0 Å². The van der Waals surface area contributed by atoms with E-state index in [1.807, 2.05) is 0 Å². The second kappa shape index (κ2) is 10.4. The summed E-state index contributed by atoms with van der Waals surface area (Å²) in [6.07, 6.45) is -1.60. The minimum atomic E-state index is -4.81. The van der Waals surface area contributed by atoms with Crippen LogP contribution in [0.1, 0.15) is 16.2 Å². The van der Waals surface area contributed by atoms with Crippen LogP contribution < -0.4 is 14.8 Å². The van der Waals surface area contributed by atoms with Crippen molar-refractivity contribution in [3.63, 3.8) is 0 Å². The summed E-state index contributed by atoms with van der Waals surface area (Å²) in [5, 5.41) is 11.3. The maximum Gasteiger partial charge on any atom is 0.573 e. The van der Waals surface area contributed by atoms with E-state index in [0.29, 0.717) is 22.3 Å². The highest BCUT2D eigenvalue weighted by molar-refractivity contribution is 7.98. The lowest BCUT2D eigenvalue weighted by Gasteiger charge is -2.10. The molecule has 0 aliphatic rings. The van der Waals surface area contributed by atoms with Crippen molar-refractivity contribution < 1.29 is 27.4 Å². The molecule has 2 aromatic carbocycles. The van der Waals surface area contributed by atoms with E-state index < -0.39 is 18.0 Å². The summed E-state index contributed by atoms with van der Waals surface area (Å²) in [5.41, 5.74) is 1.42. The van der Waals surface area contributed by atoms with Gasteiger partial charge in [0.2, 0.25) is 0 Å². The van der Waals surface area contributed by atoms with Gasteiger partial charge in [0.25, 0.3) is 5.91 Å². The van der Waals surface area contributed by atoms with Gasteiger partial charge in [-0.15, -0.1) is 18.3 Å². The minimum absolute atomic E-state index is 0.0415. The highest BCUT2D eigenvalue weighted by atomic mass is 32.2. The molecular formula is C22H17F3N6O3S. The van der Waals surface area contributed by atoms with Gasteiger partial charge < -0.3 is 14.8 Å². The lowest BCUT2D eigenvalue weighted by Crippen LogP contribution is -2.17. The minimum Gasteiger partial charge on any atom is -0.497 e. The lowest BCUT2D eigenvalue weighted by atomic mass is 10.2. The van der Waals surface area contributed by atoms with Crippen LogP contribution >= 0.6 is 11.8 Å². The first-order chi connectivity index (χ1) is 16.8. The molecule has 35 heavy (non-hydrogen) atoms. The quantitative estimate of drug-likeness (QED) is 0.277. The largest absolute Gasteiger partial charge is 0.573 e. The molecule has 0 fully saturated rings. The first-order valence-electron chi connectivity index (χ1n) is 9.98. The smallest absolute Gasteiger partial charge is 0.497 e. The van der Waals surface area contributed by atoms with Crippen molar-refractivity contribution in [2.75, 3.05) is 12.4 Å². The summed E-state index contributed by atoms with van der Waals surface area (Å²) >= 11 is 1.29. The number of nitrogens with zero attached hydrogens (tertiary/aromatic N) is 5. The fraction of sp³-hybridized carbons (Fsp3) is 0.136. The average molecular weight is 502 g/mol. The zero-order valence-electron chi connectivity index (χ0n) is 18.1. The van der Waals surface area contributed by atoms with Crippen molar-refractivity contribution in [1.82, 2.24) is 25.0 Å². The highest BCUT2D eigenvalue weighted by Gasteiger charge is 2.31. The van der Waals surface area contributed by atoms with Crippen LogP contribution in [0.5, 0.6) is 11.5 Å². The Morgan fingerprint density at radius 1 is 1.03 bits per heavy atom. The topological polar surface area (TPSA) is 104 Å². The van der Waals surface area contributed by atoms with Gasteiger partial charge in [-0.1, -0.05) is 17.0 Å². The molecule has 1 amide bonds. The normalized spacial score (nSPS) is 11.2. The van der Waals surface area contributed by atoms with Gasteiger partial charge in [-0.3, -0.25) is 4.79 Å². The zero-order chi connectivity index (χ0) is 24.8. The Labute approximate surface area is 201 Å². The number of ether oxygens (including phenoxy) is 2. The van der Waals surface area contributed by atoms with E-state index in [1.54, 1.807) is 49.8 Å². The van der Waals surface area contributed by atoms with Crippen LogP contribution in [0.25, 0.3) is 5.69 Å². The molecule has 0 saturated carbocycles. The molecule has 0 bridgehead atoms. The Kier molecular flexibility index (Phi) is 7.15. The fourth-order valence-corrected chi connectivity index (χ4v) is 3.76. The molecule has 180 valence electrons. The molecule has 9 nitrogen and oxygen atoms in total. The lowest BCUT2D eigenvalue weighted by molar-refractivity contribution is -0.274. The van der Waals surface area contributed by atoms with Crippen LogP contribution in [0.3, 0.4) is 0 Å². The molecule has 0 radical (unpaired) electrons. The van der Waals surface area contributed by atoms with Gasteiger partial charge in [0.1, 0.15) is 11.5 Å². The summed E-state index contributed by atoms with van der Waals surface area (Å²) in [5.74, 6) is -0.0671. The van der Waals surface area contributed by atoms with Crippen LogP contribution in [0.4, 0.5) is 18.9 Å². The van der Waals surface area contributed by atoms with Crippen molar-refractivity contribution in [3.8, 4) is 17.2 Å². The number of aromatic nitrogens is 5. The van der Waals surface area contributed by atoms with Gasteiger partial charge in [0.05, 0.1) is 18.5 Å². The fourth-order valence-electron chi connectivity index (χ4n) is 2.96. The van der Waals surface area contributed by atoms with Crippen molar-refractivity contribution in [2.45, 2.75) is 17.3 Å². The van der Waals surface area contributed by atoms with E-state index in [-0.39, 0.29) is 17.1 Å². The maximum absolute atomic E-state index is 13.0. The first-order valence-corrected chi connectivity index (χ1v) is 11.0. The number of rotatable bonds is 8. The number of nitrogens with one attached hydrogen (secondary N) is 1. The van der Waals surface area contributed by atoms with Gasteiger partial charge >= 0.3 is 6.36 Å². The van der Waals surface area contributed by atoms with Gasteiger partial charge in [0, 0.05) is 23.8 Å². The van der Waals surface area contributed by atoms with Gasteiger partial charge in [-0.2, -0.15) is 0 Å². The molecule has 0 spiro atoms. The van der Waals surface area contributed by atoms with E-state index in [1.165, 1.54) is 28.6 Å². The number of thioether (sulfide) groups is 1. The Hall–Kier alpha value is -4.13. The molecule has 13 heteroatoms. The average Bonchev–Trinajstić information content (AvgIpc) is 3.28. The second-order valence-corrected chi connectivity index (χ2v) is 7.78. The molecule has 0 atom stereocenters. The van der Waals surface area contributed by atoms with Crippen LogP contribution in [-0.4, -0.2) is 44.3 Å². The van der Waals surface area contributed by atoms with E-state index in [0.717, 1.165) is 12.1 Å². The third kappa shape index (κ3) is 6.26. The number of carbonyl (C=O) groups is 1. The Balaban J connectivity index is 1.58. The van der Waals surface area contributed by atoms with Crippen LogP contribution in [0.2, 0.25) is 0 Å². The molecule has 4 aromatic rings. The maximum atomic E-state index is 13.0. The standard InChI is InChI=1S/C22H17F3N6O3S/c1-33-16-9-5-15(6-10-16)31-18(13-35-21-26-11-2-12-27-21)19(29-30-31)20(32)28-14-3-7-17(8-4-14)34-22(23,24)25/h2-12H,13H2,1H3,(H,28,32). The van der Waals surface area contributed by atoms with E-state index >= 15 is 0 Å². The third-order valence-corrected chi connectivity index (χ3v) is 5.41. The van der Waals surface area contributed by atoms with Crippen molar-refractivity contribution >= 4 is 23.4 Å². The highest BCUT2D eigenvalue weighted by Crippen LogP contribution is 2.26. The molecule has 2 heterocycles. The Morgan fingerprint density at radius 3 is 2.31 bits per heavy atom. The monoisotopic (exact) mass is 502 g/mol. The third-order valence-electron chi connectivity index (χ3n) is 4.52. The predicted octanol–water partition coefficient (Wildman–Crippen LogP) is 4.51. The second-order valence-electron chi connectivity index (χ2n) is 6.84. The van der Waals surface area contributed by atoms with E-state index in [2.05, 4.69) is 30.3 Å². The summed E-state index contributed by atoms with van der Waals surface area (Å²) in [7, 11) is 1.55. The van der Waals surface area contributed by atoms with Gasteiger partial charge in [0.15, 0.2) is 10.9 Å². The molecule has 0 saturated heterocycles. The summed E-state index contributed by atoms with van der Waals surface area (Å²) in [6, 6.07) is 13.5. The molecule has 4 rings (SSSR count). The van der Waals surface area contributed by atoms with Crippen LogP contribution in [-0.2, 0) is 5.75 Å². The Morgan fingerprint density at radius 2 is 1.69 bits per heavy atom. The summed E-state index contributed by atoms with van der Waals surface area (Å²) in [4.78, 5) is 21.4.